The van der Waals surface area contributed by atoms with Crippen LogP contribution in [0.4, 0.5) is 0 Å². The maximum Gasteiger partial charge on any atom is 0.191 e. The first kappa shape index (κ1) is 8.52. The van der Waals surface area contributed by atoms with Crippen molar-refractivity contribution in [2.24, 2.45) is 7.05 Å². The van der Waals surface area contributed by atoms with E-state index in [1.165, 1.54) is 6.26 Å². The lowest BCUT2D eigenvalue weighted by Gasteiger charge is -2.24. The lowest BCUT2D eigenvalue weighted by molar-refractivity contribution is -0.673. The second kappa shape index (κ2) is 2.81. The van der Waals surface area contributed by atoms with Gasteiger partial charge >= 0.3 is 0 Å². The zero-order valence-electron chi connectivity index (χ0n) is 6.56. The molecule has 1 aromatic rings. The Kier molecular flexibility index (Phi) is 2.17. The van der Waals surface area contributed by atoms with Gasteiger partial charge in [-0.15, -0.1) is 0 Å². The molecular formula is C7H12NO2S+. The van der Waals surface area contributed by atoms with E-state index in [9.17, 15) is 9.11 Å². The summed E-state index contributed by atoms with van der Waals surface area (Å²) < 4.78 is 20.3. The first-order chi connectivity index (χ1) is 5.00. The quantitative estimate of drug-likeness (QED) is 0.629. The third-order valence-corrected chi connectivity index (χ3v) is 2.49. The van der Waals surface area contributed by atoms with Gasteiger partial charge < -0.3 is 0 Å². The van der Waals surface area contributed by atoms with Gasteiger partial charge in [0.2, 0.25) is 0 Å². The Balaban J connectivity index is 3.06. The van der Waals surface area contributed by atoms with E-state index in [1.807, 2.05) is 13.2 Å². The highest BCUT2D eigenvalue weighted by Crippen LogP contribution is 2.42. The molecule has 0 saturated heterocycles. The molecule has 4 heteroatoms. The smallest absolute Gasteiger partial charge is 0.191 e. The Labute approximate surface area is 67.7 Å². The molecule has 0 amide bonds. The van der Waals surface area contributed by atoms with Gasteiger partial charge in [0.05, 0.1) is 0 Å². The van der Waals surface area contributed by atoms with Crippen LogP contribution in [0.3, 0.4) is 0 Å². The van der Waals surface area contributed by atoms with Crippen LogP contribution in [0, 0.1) is 0 Å². The molecule has 62 valence electrons. The molecule has 0 bridgehead atoms. The van der Waals surface area contributed by atoms with E-state index in [2.05, 4.69) is 0 Å². The van der Waals surface area contributed by atoms with Crippen molar-refractivity contribution in [3.63, 3.8) is 0 Å². The molecule has 0 radical (unpaired) electrons. The predicted molar refractivity (Wildman–Crippen MR) is 44.7 cm³/mol. The van der Waals surface area contributed by atoms with Gasteiger partial charge in [-0.25, -0.2) is 4.57 Å². The molecule has 0 aliphatic heterocycles. The van der Waals surface area contributed by atoms with E-state index in [-0.39, 0.29) is 0 Å². The van der Waals surface area contributed by atoms with Gasteiger partial charge in [-0.05, 0) is 6.07 Å². The Hall–Kier alpha value is -0.580. The maximum absolute atomic E-state index is 9.24. The molecule has 0 aromatic carbocycles. The summed E-state index contributed by atoms with van der Waals surface area (Å²) in [4.78, 5) is 0.572. The van der Waals surface area contributed by atoms with Crippen molar-refractivity contribution in [2.75, 3.05) is 6.26 Å². The summed E-state index contributed by atoms with van der Waals surface area (Å²) >= 11 is 0. The van der Waals surface area contributed by atoms with Crippen molar-refractivity contribution in [1.82, 2.24) is 0 Å². The number of hydrogen-bond acceptors (Lipinski definition) is 2. The van der Waals surface area contributed by atoms with Crippen LogP contribution in [0.15, 0.2) is 29.4 Å². The number of aryl methyl sites for hydroxylation is 1. The van der Waals surface area contributed by atoms with Crippen LogP contribution in [-0.4, -0.2) is 15.4 Å². The molecule has 0 spiro atoms. The monoisotopic (exact) mass is 174 g/mol. The summed E-state index contributed by atoms with van der Waals surface area (Å²) in [5.41, 5.74) is 0. The van der Waals surface area contributed by atoms with Gasteiger partial charge in [-0.3, -0.25) is 9.11 Å². The lowest BCUT2D eigenvalue weighted by Crippen LogP contribution is -2.27. The molecule has 0 aliphatic rings. The number of aromatic nitrogens is 1. The largest absolute Gasteiger partial charge is 0.295 e. The van der Waals surface area contributed by atoms with Crippen LogP contribution < -0.4 is 4.57 Å². The Bertz CT molecular complexity index is 257. The molecule has 0 saturated carbocycles. The molecule has 0 aliphatic carbocycles. The standard InChI is InChI=1S/C7H11NO2S/c1-8-5-3-4-7(6-8)11(2,9)10/h3-6H,1-2H3,(H-,9,10)/p+1. The van der Waals surface area contributed by atoms with Crippen molar-refractivity contribution in [1.29, 1.82) is 0 Å². The molecule has 11 heavy (non-hydrogen) atoms. The van der Waals surface area contributed by atoms with Crippen LogP contribution >= 0.6 is 10.6 Å². The maximum atomic E-state index is 9.24. The summed E-state index contributed by atoms with van der Waals surface area (Å²) in [6.07, 6.45) is 4.96. The van der Waals surface area contributed by atoms with E-state index in [0.717, 1.165) is 0 Å². The molecule has 1 rings (SSSR count). The van der Waals surface area contributed by atoms with Crippen molar-refractivity contribution in [2.45, 2.75) is 4.90 Å². The molecule has 2 N–H and O–H groups in total. The van der Waals surface area contributed by atoms with Crippen molar-refractivity contribution < 1.29 is 13.7 Å². The molecule has 0 atom stereocenters. The number of hydrogen-bond donors (Lipinski definition) is 2. The normalized spacial score (nSPS) is 13.1. The van der Waals surface area contributed by atoms with Gasteiger partial charge in [0.1, 0.15) is 11.9 Å². The van der Waals surface area contributed by atoms with E-state index in [1.54, 1.807) is 22.9 Å². The Morgan fingerprint density at radius 1 is 1.45 bits per heavy atom. The Morgan fingerprint density at radius 2 is 2.09 bits per heavy atom. The van der Waals surface area contributed by atoms with Crippen molar-refractivity contribution >= 4 is 10.6 Å². The number of rotatable bonds is 1. The van der Waals surface area contributed by atoms with Crippen molar-refractivity contribution in [3.05, 3.63) is 24.5 Å². The van der Waals surface area contributed by atoms with Crippen LogP contribution in [0.5, 0.6) is 0 Å². The van der Waals surface area contributed by atoms with Gasteiger partial charge in [0.25, 0.3) is 0 Å². The van der Waals surface area contributed by atoms with Crippen LogP contribution in [0.25, 0.3) is 0 Å². The van der Waals surface area contributed by atoms with E-state index < -0.39 is 10.6 Å². The first-order valence-corrected chi connectivity index (χ1v) is 5.14. The fraction of sp³-hybridized carbons (Fsp3) is 0.286. The highest BCUT2D eigenvalue weighted by Gasteiger charge is 2.10. The second-order valence-corrected chi connectivity index (χ2v) is 4.68. The third-order valence-electron chi connectivity index (χ3n) is 1.36. The average molecular weight is 174 g/mol. The highest BCUT2D eigenvalue weighted by molar-refractivity contribution is 8.23. The van der Waals surface area contributed by atoms with Gasteiger partial charge in [0.15, 0.2) is 12.4 Å². The summed E-state index contributed by atoms with van der Waals surface area (Å²) in [5, 5.41) is 0. The average Bonchev–Trinajstić information content (AvgIpc) is 1.86. The summed E-state index contributed by atoms with van der Waals surface area (Å²) in [7, 11) is -0.704. The lowest BCUT2D eigenvalue weighted by atomic mass is 10.5. The van der Waals surface area contributed by atoms with E-state index in [4.69, 9.17) is 0 Å². The SMILES string of the molecule is C[n+]1cccc(S(C)(O)O)c1. The van der Waals surface area contributed by atoms with Crippen LogP contribution in [0.2, 0.25) is 0 Å². The summed E-state index contributed by atoms with van der Waals surface area (Å²) in [5.74, 6) is 0. The fourth-order valence-corrected chi connectivity index (χ4v) is 1.49. The second-order valence-electron chi connectivity index (χ2n) is 2.54. The van der Waals surface area contributed by atoms with Gasteiger partial charge in [-0.1, -0.05) is 0 Å². The van der Waals surface area contributed by atoms with E-state index in [0.29, 0.717) is 4.90 Å². The molecule has 1 aromatic heterocycles. The molecule has 1 heterocycles. The summed E-state index contributed by atoms with van der Waals surface area (Å²) in [6.45, 7) is 0. The highest BCUT2D eigenvalue weighted by atomic mass is 32.3. The minimum absolute atomic E-state index is 0.572. The number of nitrogens with zero attached hydrogens (tertiary/aromatic N) is 1. The molecule has 3 nitrogen and oxygen atoms in total. The zero-order chi connectivity index (χ0) is 8.48. The predicted octanol–water partition coefficient (Wildman–Crippen LogP) is 1.25. The van der Waals surface area contributed by atoms with Crippen LogP contribution in [0.1, 0.15) is 0 Å². The van der Waals surface area contributed by atoms with E-state index >= 15 is 0 Å². The molecular weight excluding hydrogens is 162 g/mol. The van der Waals surface area contributed by atoms with Crippen molar-refractivity contribution in [3.8, 4) is 0 Å². The Morgan fingerprint density at radius 3 is 2.45 bits per heavy atom. The third kappa shape index (κ3) is 2.18. The fourth-order valence-electron chi connectivity index (χ4n) is 0.789. The topological polar surface area (TPSA) is 44.3 Å². The number of pyridine rings is 1. The van der Waals surface area contributed by atoms with Gasteiger partial charge in [0, 0.05) is 12.3 Å². The summed E-state index contributed by atoms with van der Waals surface area (Å²) in [6, 6.07) is 3.49. The van der Waals surface area contributed by atoms with Gasteiger partial charge in [-0.2, -0.15) is 10.6 Å². The molecule has 0 fully saturated rings. The minimum Gasteiger partial charge on any atom is -0.295 e. The first-order valence-electron chi connectivity index (χ1n) is 3.19. The minimum atomic E-state index is -2.55. The molecule has 0 unspecified atom stereocenters. The van der Waals surface area contributed by atoms with Crippen LogP contribution in [-0.2, 0) is 7.05 Å². The zero-order valence-corrected chi connectivity index (χ0v) is 7.38.